The fraction of sp³-hybridized carbons (Fsp3) is 0.824. The number of carbonyl (C=O) groups is 1. The van der Waals surface area contributed by atoms with E-state index in [0.717, 1.165) is 5.57 Å². The number of carbonyl (C=O) groups excluding carboxylic acids is 1. The largest absolute Gasteiger partial charge is 0.463 e. The molecular weight excluding hydrogens is 328 g/mol. The van der Waals surface area contributed by atoms with Crippen LogP contribution in [0.1, 0.15) is 27.7 Å². The Kier molecular flexibility index (Phi) is 11.4. The molecule has 0 N–H and O–H groups in total. The average molecular weight is 363 g/mol. The quantitative estimate of drug-likeness (QED) is 0.175. The molecule has 0 radical (unpaired) electrons. The average Bonchev–Trinajstić information content (AvgIpc) is 2.47. The van der Waals surface area contributed by atoms with E-state index in [2.05, 4.69) is 33.9 Å². The molecular formula is C17H34O6Si. The van der Waals surface area contributed by atoms with Crippen molar-refractivity contribution in [2.75, 3.05) is 46.9 Å². The van der Waals surface area contributed by atoms with E-state index in [-0.39, 0.29) is 24.4 Å². The van der Waals surface area contributed by atoms with Gasteiger partial charge in [-0.15, -0.1) is 0 Å². The minimum absolute atomic E-state index is 0.103. The van der Waals surface area contributed by atoms with Crippen molar-refractivity contribution in [1.29, 1.82) is 0 Å². The Bertz CT molecular complexity index is 387. The molecule has 6 nitrogen and oxygen atoms in total. The highest BCUT2D eigenvalue weighted by Gasteiger charge is 2.37. The first kappa shape index (κ1) is 23.3. The highest BCUT2D eigenvalue weighted by Crippen LogP contribution is 2.36. The van der Waals surface area contributed by atoms with Crippen LogP contribution in [0.3, 0.4) is 0 Å². The lowest BCUT2D eigenvalue weighted by Gasteiger charge is -2.36. The summed E-state index contributed by atoms with van der Waals surface area (Å²) in [5, 5.41) is 0.103. The fourth-order valence-corrected chi connectivity index (χ4v) is 2.38. The van der Waals surface area contributed by atoms with Crippen molar-refractivity contribution in [3.8, 4) is 0 Å². The summed E-state index contributed by atoms with van der Waals surface area (Å²) in [4.78, 5) is 11.7. The Morgan fingerprint density at radius 2 is 1.75 bits per heavy atom. The molecule has 0 unspecified atom stereocenters. The van der Waals surface area contributed by atoms with E-state index in [4.69, 9.17) is 23.4 Å². The Morgan fingerprint density at radius 1 is 1.08 bits per heavy atom. The first-order chi connectivity index (χ1) is 11.1. The van der Waals surface area contributed by atoms with Crippen LogP contribution < -0.4 is 0 Å². The second-order valence-corrected chi connectivity index (χ2v) is 11.8. The van der Waals surface area contributed by atoms with Gasteiger partial charge in [-0.05, 0) is 30.6 Å². The van der Waals surface area contributed by atoms with Crippen molar-refractivity contribution in [3.63, 3.8) is 0 Å². The smallest absolute Gasteiger partial charge is 0.330 e. The van der Waals surface area contributed by atoms with E-state index in [9.17, 15) is 4.79 Å². The first-order valence-electron chi connectivity index (χ1n) is 8.28. The van der Waals surface area contributed by atoms with Crippen molar-refractivity contribution < 1.29 is 28.2 Å². The van der Waals surface area contributed by atoms with E-state index in [0.29, 0.717) is 26.4 Å². The molecule has 0 fully saturated rings. The van der Waals surface area contributed by atoms with Crippen molar-refractivity contribution >= 4 is 14.3 Å². The molecule has 0 aromatic carbocycles. The van der Waals surface area contributed by atoms with Gasteiger partial charge >= 0.3 is 5.97 Å². The summed E-state index contributed by atoms with van der Waals surface area (Å²) in [7, 11) is -0.285. The van der Waals surface area contributed by atoms with E-state index in [1.165, 1.54) is 6.08 Å². The van der Waals surface area contributed by atoms with Crippen LogP contribution in [0.15, 0.2) is 11.6 Å². The number of hydrogen-bond donors (Lipinski definition) is 0. The molecule has 0 aromatic heterocycles. The molecule has 0 bridgehead atoms. The molecule has 0 saturated carbocycles. The summed E-state index contributed by atoms with van der Waals surface area (Å²) in [6.07, 6.45) is 1.45. The highest BCUT2D eigenvalue weighted by atomic mass is 28.4. The van der Waals surface area contributed by atoms with Gasteiger partial charge in [0.25, 0.3) is 0 Å². The lowest BCUT2D eigenvalue weighted by atomic mass is 10.2. The first-order valence-corrected chi connectivity index (χ1v) is 11.2. The van der Waals surface area contributed by atoms with Gasteiger partial charge in [-0.1, -0.05) is 20.8 Å². The third-order valence-corrected chi connectivity index (χ3v) is 8.40. The molecule has 24 heavy (non-hydrogen) atoms. The molecule has 142 valence electrons. The topological polar surface area (TPSA) is 63.2 Å². The zero-order chi connectivity index (χ0) is 18.6. The summed E-state index contributed by atoms with van der Waals surface area (Å²) in [6.45, 7) is 14.7. The summed E-state index contributed by atoms with van der Waals surface area (Å²) >= 11 is 0. The monoisotopic (exact) mass is 362 g/mol. The van der Waals surface area contributed by atoms with Crippen LogP contribution in [-0.4, -0.2) is 61.2 Å². The van der Waals surface area contributed by atoms with Gasteiger partial charge in [-0.25, -0.2) is 4.79 Å². The van der Waals surface area contributed by atoms with Gasteiger partial charge in [0.05, 0.1) is 33.0 Å². The fourth-order valence-electron chi connectivity index (χ4n) is 1.40. The number of methoxy groups -OCH3 is 1. The van der Waals surface area contributed by atoms with Crippen LogP contribution in [-0.2, 0) is 28.2 Å². The predicted molar refractivity (Wildman–Crippen MR) is 96.5 cm³/mol. The number of esters is 1. The molecule has 0 saturated heterocycles. The summed E-state index contributed by atoms with van der Waals surface area (Å²) < 4.78 is 26.7. The molecule has 0 amide bonds. The zero-order valence-electron chi connectivity index (χ0n) is 16.3. The van der Waals surface area contributed by atoms with Crippen LogP contribution in [0.4, 0.5) is 0 Å². The van der Waals surface area contributed by atoms with Gasteiger partial charge < -0.3 is 23.4 Å². The summed E-state index contributed by atoms with van der Waals surface area (Å²) in [6, 6.07) is 0. The van der Waals surface area contributed by atoms with Crippen LogP contribution >= 0.6 is 0 Å². The Balaban J connectivity index is 4.57. The predicted octanol–water partition coefficient (Wildman–Crippen LogP) is 3.13. The summed E-state index contributed by atoms with van der Waals surface area (Å²) in [5.74, 6) is -0.379. The molecule has 0 spiro atoms. The van der Waals surface area contributed by atoms with E-state index >= 15 is 0 Å². The van der Waals surface area contributed by atoms with E-state index in [1.54, 1.807) is 14.0 Å². The second-order valence-electron chi connectivity index (χ2n) is 6.97. The van der Waals surface area contributed by atoms with Gasteiger partial charge in [0.15, 0.2) is 8.32 Å². The Hall–Kier alpha value is -0.733. The van der Waals surface area contributed by atoms with Gasteiger partial charge in [-0.3, -0.25) is 0 Å². The molecule has 0 aliphatic heterocycles. The summed E-state index contributed by atoms with van der Waals surface area (Å²) in [5.41, 5.74) is 0.744. The van der Waals surface area contributed by atoms with Gasteiger partial charge in [0.2, 0.25) is 0 Å². The SMILES string of the molecule is CCOC(=O)/C=C(\COCOCCOC)CO[Si](C)(C)C(C)(C)C. The molecule has 0 aliphatic rings. The lowest BCUT2D eigenvalue weighted by Crippen LogP contribution is -2.41. The highest BCUT2D eigenvalue weighted by molar-refractivity contribution is 6.74. The van der Waals surface area contributed by atoms with Gasteiger partial charge in [-0.2, -0.15) is 0 Å². The molecule has 0 aromatic rings. The van der Waals surface area contributed by atoms with Crippen LogP contribution in [0, 0.1) is 0 Å². The van der Waals surface area contributed by atoms with Crippen LogP contribution in [0.25, 0.3) is 0 Å². The van der Waals surface area contributed by atoms with Crippen molar-refractivity contribution in [1.82, 2.24) is 0 Å². The molecule has 0 aliphatic carbocycles. The Morgan fingerprint density at radius 3 is 2.29 bits per heavy atom. The Labute approximate surface area is 147 Å². The molecule has 0 rings (SSSR count). The van der Waals surface area contributed by atoms with Crippen LogP contribution in [0.5, 0.6) is 0 Å². The lowest BCUT2D eigenvalue weighted by molar-refractivity contribution is -0.137. The zero-order valence-corrected chi connectivity index (χ0v) is 17.3. The minimum Gasteiger partial charge on any atom is -0.463 e. The maximum atomic E-state index is 11.7. The standard InChI is InChI=1S/C17H34O6Si/c1-8-22-16(18)11-15(12-21-14-20-10-9-19-5)13-23-24(6,7)17(2,3)4/h11H,8-10,12-14H2,1-7H3/b15-11+. The van der Waals surface area contributed by atoms with Crippen molar-refractivity contribution in [2.45, 2.75) is 45.8 Å². The second kappa shape index (κ2) is 11.8. The van der Waals surface area contributed by atoms with Crippen LogP contribution in [0.2, 0.25) is 18.1 Å². The van der Waals surface area contributed by atoms with Gasteiger partial charge in [0.1, 0.15) is 6.79 Å². The number of rotatable bonds is 12. The maximum absolute atomic E-state index is 11.7. The minimum atomic E-state index is -1.90. The van der Waals surface area contributed by atoms with Gasteiger partial charge in [0, 0.05) is 13.2 Å². The molecule has 0 heterocycles. The van der Waals surface area contributed by atoms with E-state index < -0.39 is 8.32 Å². The molecule has 0 atom stereocenters. The molecule has 7 heteroatoms. The number of hydrogen-bond acceptors (Lipinski definition) is 6. The van der Waals surface area contributed by atoms with Crippen molar-refractivity contribution in [2.24, 2.45) is 0 Å². The third kappa shape index (κ3) is 10.2. The maximum Gasteiger partial charge on any atom is 0.330 e. The van der Waals surface area contributed by atoms with Crippen molar-refractivity contribution in [3.05, 3.63) is 11.6 Å². The van der Waals surface area contributed by atoms with E-state index in [1.807, 2.05) is 0 Å². The normalized spacial score (nSPS) is 13.2. The third-order valence-electron chi connectivity index (χ3n) is 3.92. The number of ether oxygens (including phenoxy) is 4.